The van der Waals surface area contributed by atoms with Gasteiger partial charge in [-0.15, -0.1) is 0 Å². The number of aromatic nitrogens is 1. The number of hydrogen-bond acceptors (Lipinski definition) is 5. The number of carbonyl (C=O) groups is 1. The molecule has 1 N–H and O–H groups in total. The van der Waals surface area contributed by atoms with Gasteiger partial charge in [0.15, 0.2) is 0 Å². The van der Waals surface area contributed by atoms with E-state index >= 15 is 0 Å². The number of nitrogens with one attached hydrogen (secondary N) is 1. The molecule has 31 heavy (non-hydrogen) atoms. The van der Waals surface area contributed by atoms with Crippen molar-refractivity contribution in [2.45, 2.75) is 11.2 Å². The number of nitrogens with zero attached hydrogens (tertiary/aromatic N) is 2. The summed E-state index contributed by atoms with van der Waals surface area (Å²) in [6.07, 6.45) is -4.59. The van der Waals surface area contributed by atoms with E-state index in [-0.39, 0.29) is 17.0 Å². The quantitative estimate of drug-likeness (QED) is 0.518. The fraction of sp³-hybridized carbons (Fsp3) is 0.136. The Hall–Kier alpha value is -3.51. The number of hydrogen-bond donors (Lipinski definition) is 1. The van der Waals surface area contributed by atoms with E-state index in [2.05, 4.69) is 10.3 Å². The number of methoxy groups -OCH3 is 1. The van der Waals surface area contributed by atoms with Gasteiger partial charge in [-0.2, -0.15) is 18.4 Å². The molecule has 2 aromatic carbocycles. The number of anilines is 1. The molecule has 0 unspecified atom stereocenters. The summed E-state index contributed by atoms with van der Waals surface area (Å²) >= 11 is 0.973. The van der Waals surface area contributed by atoms with Crippen molar-refractivity contribution in [1.29, 1.82) is 5.26 Å². The average molecular weight is 443 g/mol. The van der Waals surface area contributed by atoms with Crippen molar-refractivity contribution in [2.75, 3.05) is 18.2 Å². The van der Waals surface area contributed by atoms with Crippen LogP contribution in [0.2, 0.25) is 0 Å². The number of thioether (sulfide) groups is 1. The number of nitriles is 1. The Kier molecular flexibility index (Phi) is 6.82. The Labute approximate surface area is 180 Å². The highest BCUT2D eigenvalue weighted by Crippen LogP contribution is 2.35. The van der Waals surface area contributed by atoms with E-state index in [0.717, 1.165) is 23.4 Å². The summed E-state index contributed by atoms with van der Waals surface area (Å²) < 4.78 is 44.5. The van der Waals surface area contributed by atoms with Crippen LogP contribution in [0.15, 0.2) is 65.7 Å². The van der Waals surface area contributed by atoms with Crippen LogP contribution in [-0.2, 0) is 11.0 Å². The SMILES string of the molecule is COc1cccc(-c2ccc(C#N)c(SCC(=O)Nc3ccccc3C(F)(F)F)n2)c1. The standard InChI is InChI=1S/C22H16F3N3O2S/c1-30-16-6-4-5-14(11-16)18-10-9-15(12-26)21(28-18)31-13-20(29)27-19-8-3-2-7-17(19)22(23,24)25/h2-11H,13H2,1H3,(H,27,29). The minimum atomic E-state index is -4.59. The van der Waals surface area contributed by atoms with Gasteiger partial charge in [0.25, 0.3) is 0 Å². The van der Waals surface area contributed by atoms with Crippen molar-refractivity contribution in [1.82, 2.24) is 4.98 Å². The molecular weight excluding hydrogens is 427 g/mol. The first-order valence-electron chi connectivity index (χ1n) is 8.96. The van der Waals surface area contributed by atoms with Crippen LogP contribution < -0.4 is 10.1 Å². The van der Waals surface area contributed by atoms with Crippen molar-refractivity contribution in [3.05, 3.63) is 71.8 Å². The summed E-state index contributed by atoms with van der Waals surface area (Å²) in [6.45, 7) is 0. The van der Waals surface area contributed by atoms with Crippen LogP contribution in [0.1, 0.15) is 11.1 Å². The van der Waals surface area contributed by atoms with Crippen molar-refractivity contribution in [3.63, 3.8) is 0 Å². The third-order valence-electron chi connectivity index (χ3n) is 4.19. The number of alkyl halides is 3. The van der Waals surface area contributed by atoms with Gasteiger partial charge in [0.05, 0.1) is 35.4 Å². The van der Waals surface area contributed by atoms with Crippen molar-refractivity contribution >= 4 is 23.4 Å². The normalized spacial score (nSPS) is 10.9. The number of carbonyl (C=O) groups excluding carboxylic acids is 1. The molecule has 9 heteroatoms. The van der Waals surface area contributed by atoms with Crippen LogP contribution in [0.5, 0.6) is 5.75 Å². The first-order chi connectivity index (χ1) is 14.8. The van der Waals surface area contributed by atoms with Gasteiger partial charge >= 0.3 is 6.18 Å². The molecule has 1 aromatic heterocycles. The summed E-state index contributed by atoms with van der Waals surface area (Å²) in [6, 6.07) is 17.2. The molecule has 0 spiro atoms. The molecule has 5 nitrogen and oxygen atoms in total. The Morgan fingerprint density at radius 1 is 1.16 bits per heavy atom. The second kappa shape index (κ2) is 9.53. The Morgan fingerprint density at radius 3 is 2.65 bits per heavy atom. The van der Waals surface area contributed by atoms with Crippen molar-refractivity contribution in [3.8, 4) is 23.1 Å². The topological polar surface area (TPSA) is 75.0 Å². The van der Waals surface area contributed by atoms with Gasteiger partial charge in [-0.25, -0.2) is 4.98 Å². The molecule has 1 amide bonds. The number of ether oxygens (including phenoxy) is 1. The molecule has 0 saturated carbocycles. The van der Waals surface area contributed by atoms with E-state index in [4.69, 9.17) is 4.74 Å². The monoisotopic (exact) mass is 443 g/mol. The molecule has 3 rings (SSSR count). The molecule has 0 atom stereocenters. The predicted octanol–water partition coefficient (Wildman–Crippen LogP) is 5.38. The molecule has 1 heterocycles. The number of para-hydroxylation sites is 1. The van der Waals surface area contributed by atoms with E-state index in [1.807, 2.05) is 12.1 Å². The first-order valence-corrected chi connectivity index (χ1v) is 9.95. The van der Waals surface area contributed by atoms with Crippen LogP contribution in [0, 0.1) is 11.3 Å². The number of benzene rings is 2. The summed E-state index contributed by atoms with van der Waals surface area (Å²) in [5, 5.41) is 11.9. The highest BCUT2D eigenvalue weighted by atomic mass is 32.2. The van der Waals surface area contributed by atoms with E-state index in [0.29, 0.717) is 16.5 Å². The van der Waals surface area contributed by atoms with E-state index in [1.165, 1.54) is 18.2 Å². The molecule has 0 saturated heterocycles. The lowest BCUT2D eigenvalue weighted by Gasteiger charge is -2.13. The smallest absolute Gasteiger partial charge is 0.418 e. The van der Waals surface area contributed by atoms with Crippen LogP contribution in [0.25, 0.3) is 11.3 Å². The van der Waals surface area contributed by atoms with Gasteiger partial charge < -0.3 is 10.1 Å². The second-order valence-electron chi connectivity index (χ2n) is 6.27. The zero-order chi connectivity index (χ0) is 22.4. The second-order valence-corrected chi connectivity index (χ2v) is 7.24. The maximum atomic E-state index is 13.1. The Morgan fingerprint density at radius 2 is 1.94 bits per heavy atom. The Bertz CT molecular complexity index is 1140. The zero-order valence-corrected chi connectivity index (χ0v) is 17.1. The van der Waals surface area contributed by atoms with Crippen LogP contribution >= 0.6 is 11.8 Å². The van der Waals surface area contributed by atoms with Gasteiger partial charge in [0, 0.05) is 5.56 Å². The van der Waals surface area contributed by atoms with Gasteiger partial charge in [-0.1, -0.05) is 36.0 Å². The summed E-state index contributed by atoms with van der Waals surface area (Å²) in [5.74, 6) is -0.213. The molecule has 0 fully saturated rings. The van der Waals surface area contributed by atoms with E-state index in [9.17, 15) is 23.2 Å². The molecule has 0 bridgehead atoms. The molecule has 0 aliphatic rings. The van der Waals surface area contributed by atoms with Gasteiger partial charge in [-0.05, 0) is 36.4 Å². The van der Waals surface area contributed by atoms with Gasteiger partial charge in [0.2, 0.25) is 5.91 Å². The molecular formula is C22H16F3N3O2S. The minimum Gasteiger partial charge on any atom is -0.497 e. The summed E-state index contributed by atoms with van der Waals surface area (Å²) in [5.41, 5.74) is 0.348. The van der Waals surface area contributed by atoms with E-state index < -0.39 is 17.6 Å². The van der Waals surface area contributed by atoms with Crippen LogP contribution in [0.4, 0.5) is 18.9 Å². The predicted molar refractivity (Wildman–Crippen MR) is 112 cm³/mol. The fourth-order valence-electron chi connectivity index (χ4n) is 2.74. The summed E-state index contributed by atoms with van der Waals surface area (Å²) in [4.78, 5) is 16.7. The van der Waals surface area contributed by atoms with Gasteiger partial charge in [0.1, 0.15) is 16.8 Å². The van der Waals surface area contributed by atoms with E-state index in [1.54, 1.807) is 37.4 Å². The van der Waals surface area contributed by atoms with Crippen LogP contribution in [0.3, 0.4) is 0 Å². The maximum absolute atomic E-state index is 13.1. The highest BCUT2D eigenvalue weighted by molar-refractivity contribution is 8.00. The molecule has 0 aliphatic heterocycles. The molecule has 0 aliphatic carbocycles. The third kappa shape index (κ3) is 5.55. The van der Waals surface area contributed by atoms with Crippen LogP contribution in [-0.4, -0.2) is 23.8 Å². The van der Waals surface area contributed by atoms with Crippen molar-refractivity contribution in [2.24, 2.45) is 0 Å². The average Bonchev–Trinajstić information content (AvgIpc) is 2.77. The zero-order valence-electron chi connectivity index (χ0n) is 16.2. The molecule has 3 aromatic rings. The highest BCUT2D eigenvalue weighted by Gasteiger charge is 2.33. The third-order valence-corrected chi connectivity index (χ3v) is 5.18. The lowest BCUT2D eigenvalue weighted by molar-refractivity contribution is -0.137. The minimum absolute atomic E-state index is 0.213. The van der Waals surface area contributed by atoms with Gasteiger partial charge in [-0.3, -0.25) is 4.79 Å². The lowest BCUT2D eigenvalue weighted by atomic mass is 10.1. The molecule has 158 valence electrons. The number of halogens is 3. The largest absolute Gasteiger partial charge is 0.497 e. The maximum Gasteiger partial charge on any atom is 0.418 e. The molecule has 0 radical (unpaired) electrons. The number of rotatable bonds is 6. The van der Waals surface area contributed by atoms with Crippen molar-refractivity contribution < 1.29 is 22.7 Å². The Balaban J connectivity index is 1.77. The summed E-state index contributed by atoms with van der Waals surface area (Å²) in [7, 11) is 1.54. The number of amides is 1. The lowest BCUT2D eigenvalue weighted by Crippen LogP contribution is -2.18. The number of pyridine rings is 1. The fourth-order valence-corrected chi connectivity index (χ4v) is 3.51. The first kappa shape index (κ1) is 22.2.